The molecule has 674 valence electrons. The molecule has 9 aromatic heterocycles. The van der Waals surface area contributed by atoms with Crippen LogP contribution in [0.2, 0.25) is 10.0 Å². The van der Waals surface area contributed by atoms with Crippen molar-refractivity contribution in [3.8, 4) is 63.0 Å². The number of para-hydroxylation sites is 1. The second-order valence-corrected chi connectivity index (χ2v) is 33.5. The van der Waals surface area contributed by atoms with Crippen molar-refractivity contribution in [3.63, 3.8) is 0 Å². The molecular weight excluding hydrogens is 1660 g/mol. The van der Waals surface area contributed by atoms with Crippen LogP contribution in [0.1, 0.15) is 133 Å². The summed E-state index contributed by atoms with van der Waals surface area (Å²) in [5.41, 5.74) is 20.2. The van der Waals surface area contributed by atoms with Gasteiger partial charge < -0.3 is 76.8 Å². The Balaban J connectivity index is 0.000000139. The highest BCUT2D eigenvalue weighted by atomic mass is 35.5. The first-order valence-corrected chi connectivity index (χ1v) is 45.4. The van der Waals surface area contributed by atoms with Gasteiger partial charge in [-0.15, -0.1) is 20.4 Å². The molecule has 6 aromatic carbocycles. The van der Waals surface area contributed by atoms with Crippen molar-refractivity contribution in [2.45, 2.75) is 150 Å². The van der Waals surface area contributed by atoms with Gasteiger partial charge >= 0.3 is 0 Å². The predicted octanol–water partition coefficient (Wildman–Crippen LogP) is 21.9. The third-order valence-corrected chi connectivity index (χ3v) is 25.1. The zero-order valence-corrected chi connectivity index (χ0v) is 79.6. The Morgan fingerprint density at radius 1 is 0.380 bits per heavy atom. The van der Waals surface area contributed by atoms with E-state index < -0.39 is 0 Å². The first kappa shape index (κ1) is 92.3. The molecule has 0 bridgehead atoms. The molecule has 0 amide bonds. The molecule has 25 nitrogen and oxygen atoms in total. The molecule has 2 aliphatic rings. The Bertz CT molecular complexity index is 6460. The molecule has 0 unspecified atom stereocenters. The average Bonchev–Trinajstić information content (AvgIpc) is 1.61. The minimum Gasteiger partial charge on any atom is -0.494 e. The number of methoxy groups -OCH3 is 3. The number of ether oxygens (including phenoxy) is 7. The number of nitrogens with zero attached hydrogens (tertiary/aromatic N) is 16. The number of hydrogen-bond acceptors (Lipinski definition) is 21. The Labute approximate surface area is 767 Å². The van der Waals surface area contributed by atoms with Gasteiger partial charge in [-0.05, 0) is 245 Å². The van der Waals surface area contributed by atoms with Gasteiger partial charge in [-0.1, -0.05) is 60.5 Å². The van der Waals surface area contributed by atoms with Gasteiger partial charge in [0.25, 0.3) is 0 Å². The number of hydrogen-bond donors (Lipinski definition) is 2. The number of nitrogens with one attached hydrogen (secondary N) is 2. The predicted molar refractivity (Wildman–Crippen MR) is 523 cm³/mol. The number of anilines is 5. The van der Waals surface area contributed by atoms with E-state index in [1.165, 1.54) is 45.9 Å². The normalized spacial score (nSPS) is 12.8. The number of piperazine rings is 1. The van der Waals surface area contributed by atoms with Gasteiger partial charge in [0.2, 0.25) is 0 Å². The lowest BCUT2D eigenvalue weighted by Crippen LogP contribution is -2.47. The molecule has 0 radical (unpaired) electrons. The van der Waals surface area contributed by atoms with Crippen molar-refractivity contribution in [1.82, 2.24) is 64.0 Å². The van der Waals surface area contributed by atoms with Gasteiger partial charge in [-0.2, -0.15) is 20.4 Å². The third-order valence-electron chi connectivity index (χ3n) is 24.6. The Kier molecular flexibility index (Phi) is 29.7. The highest BCUT2D eigenvalue weighted by molar-refractivity contribution is 6.35. The maximum absolute atomic E-state index is 6.36. The number of piperidine rings is 1. The highest BCUT2D eigenvalue weighted by Gasteiger charge is 2.31. The number of benzene rings is 6. The quantitative estimate of drug-likeness (QED) is 0.0480. The Hall–Kier alpha value is -12.9. The van der Waals surface area contributed by atoms with E-state index in [4.69, 9.17) is 61.5 Å². The molecule has 0 saturated carbocycles. The lowest BCUT2D eigenvalue weighted by molar-refractivity contribution is 0.335. The largest absolute Gasteiger partial charge is 0.494 e. The van der Waals surface area contributed by atoms with Crippen molar-refractivity contribution < 1.29 is 33.2 Å². The fourth-order valence-electron chi connectivity index (χ4n) is 18.4. The van der Waals surface area contributed by atoms with Crippen LogP contribution in [0.15, 0.2) is 152 Å². The smallest absolute Gasteiger partial charge is 0.161 e. The third kappa shape index (κ3) is 19.5. The lowest BCUT2D eigenvalue weighted by atomic mass is 9.99. The van der Waals surface area contributed by atoms with Crippen molar-refractivity contribution in [2.24, 2.45) is 5.92 Å². The molecule has 129 heavy (non-hydrogen) atoms. The van der Waals surface area contributed by atoms with Gasteiger partial charge in [0.05, 0.1) is 87.6 Å². The summed E-state index contributed by atoms with van der Waals surface area (Å²) in [6.45, 7) is 45.0. The standard InChI is InChI=1S/C28H33N5O2.C25H26Cl2N4O2.C25H29N5O.C24H32N4O2/c1-6-35-23-12-13-24(25(18-23)34-5)33-20(3)26-19(2)29-30-28(27(26)21(33)4)32-16-14-31(15-17-32)22-10-8-7-9-11-22;1-6-33-19-9-10-21(22(12-19)32-5)31-15(3)23-14(2)29-30-25(24(23)16(31)4)28-13-17-7-8-18(26)11-20(17)27;1-5-31-22-12-10-21(11-13-22)30-18(3)23-17(2)28-29-25(24(23)19(30)4)27-15-7-9-20-8-6-14-26-16-20;1-7-30-19-8-9-20(21(14-19)29-6)28-17(4)22-16(3)25-26-24(23(22)18(28)5)27-12-10-15(2)11-13-27/h7-13,18H,6,14-17H2,1-5H3;7-12H,6,13H2,1-5H3,(H,28,30);6,8,10-14,16H,5,7,9,15H2,1-4H3,(H,27,29);8-9,14-15H,7,10-13H2,1-6H3. The second-order valence-electron chi connectivity index (χ2n) is 32.7. The van der Waals surface area contributed by atoms with E-state index in [0.717, 1.165) is 240 Å². The fraction of sp³-hybridized carbons (Fsp3) is 0.363. The van der Waals surface area contributed by atoms with Crippen molar-refractivity contribution in [1.29, 1.82) is 0 Å². The molecule has 2 N–H and O–H groups in total. The summed E-state index contributed by atoms with van der Waals surface area (Å²) in [7, 11) is 5.07. The molecule has 0 aliphatic carbocycles. The van der Waals surface area contributed by atoms with Gasteiger partial charge in [0.15, 0.2) is 23.3 Å². The summed E-state index contributed by atoms with van der Waals surface area (Å²) >= 11 is 12.4. The molecular formula is C102H120Cl2N18O7. The minimum absolute atomic E-state index is 0.499. The number of pyridine rings is 1. The zero-order chi connectivity index (χ0) is 91.4. The van der Waals surface area contributed by atoms with E-state index in [1.54, 1.807) is 33.6 Å². The summed E-state index contributed by atoms with van der Waals surface area (Å²) in [4.78, 5) is 11.4. The Morgan fingerprint density at radius 2 is 0.783 bits per heavy atom. The molecule has 11 heterocycles. The van der Waals surface area contributed by atoms with Crippen LogP contribution in [0.5, 0.6) is 40.2 Å². The minimum atomic E-state index is 0.499. The van der Waals surface area contributed by atoms with Gasteiger partial charge in [0, 0.05) is 193 Å². The molecule has 0 spiro atoms. The Morgan fingerprint density at radius 3 is 1.23 bits per heavy atom. The van der Waals surface area contributed by atoms with Gasteiger partial charge in [0.1, 0.15) is 40.2 Å². The molecule has 2 fully saturated rings. The topological polar surface area (TPSA) is 234 Å². The SMILES string of the molecule is CCOc1ccc(-n2c(C)c3c(C)nnc(N4CCC(C)CC4)c3c2C)c(OC)c1.CCOc1ccc(-n2c(C)c3c(C)nnc(N4CCN(c5ccccc5)CC4)c3c2C)c(OC)c1.CCOc1ccc(-n2c(C)c3c(C)nnc(NCCCc4cccnc4)c3c2C)cc1.CCOc1ccc(-n2c(C)c3c(C)nnc(NCc4ccc(Cl)cc4Cl)c3c2C)c(OC)c1. The summed E-state index contributed by atoms with van der Waals surface area (Å²) in [6, 6.07) is 46.3. The number of rotatable bonds is 26. The van der Waals surface area contributed by atoms with E-state index in [9.17, 15) is 0 Å². The van der Waals surface area contributed by atoms with Crippen molar-refractivity contribution >= 4 is 95.3 Å². The van der Waals surface area contributed by atoms with E-state index in [0.29, 0.717) is 48.8 Å². The van der Waals surface area contributed by atoms with Gasteiger partial charge in [-0.25, -0.2) is 0 Å². The van der Waals surface area contributed by atoms with Crippen LogP contribution in [0.3, 0.4) is 0 Å². The van der Waals surface area contributed by atoms with E-state index in [2.05, 4.69) is 207 Å². The van der Waals surface area contributed by atoms with E-state index >= 15 is 0 Å². The molecule has 17 rings (SSSR count). The maximum Gasteiger partial charge on any atom is 0.161 e. The molecule has 2 saturated heterocycles. The van der Waals surface area contributed by atoms with Crippen LogP contribution in [-0.2, 0) is 13.0 Å². The van der Waals surface area contributed by atoms with Crippen molar-refractivity contribution in [3.05, 3.63) is 241 Å². The molecule has 15 aromatic rings. The van der Waals surface area contributed by atoms with Crippen LogP contribution >= 0.6 is 23.2 Å². The van der Waals surface area contributed by atoms with E-state index in [-0.39, 0.29) is 0 Å². The number of fused-ring (bicyclic) bond motifs is 4. The van der Waals surface area contributed by atoms with Crippen LogP contribution in [0.25, 0.3) is 65.8 Å². The second kappa shape index (κ2) is 41.5. The fourth-order valence-corrected chi connectivity index (χ4v) is 18.9. The van der Waals surface area contributed by atoms with Crippen LogP contribution < -0.4 is 58.5 Å². The summed E-state index contributed by atoms with van der Waals surface area (Å²) in [5.74, 6) is 9.85. The zero-order valence-electron chi connectivity index (χ0n) is 78.1. The van der Waals surface area contributed by atoms with Crippen molar-refractivity contribution in [2.75, 3.05) is 119 Å². The summed E-state index contributed by atoms with van der Waals surface area (Å²) in [6.07, 6.45) is 8.11. The summed E-state index contributed by atoms with van der Waals surface area (Å²) < 4.78 is 48.8. The molecule has 27 heteroatoms. The van der Waals surface area contributed by atoms with Crippen LogP contribution in [0, 0.1) is 89.0 Å². The highest BCUT2D eigenvalue weighted by Crippen LogP contribution is 2.44. The monoisotopic (exact) mass is 1780 g/mol. The van der Waals surface area contributed by atoms with Crippen LogP contribution in [-0.4, -0.2) is 158 Å². The number of aromatic nitrogens is 13. The average molecular weight is 1780 g/mol. The first-order valence-electron chi connectivity index (χ1n) is 44.6. The lowest BCUT2D eigenvalue weighted by Gasteiger charge is -2.36. The number of aryl methyl sites for hydroxylation is 13. The maximum atomic E-state index is 6.36. The molecule has 0 atom stereocenters. The first-order chi connectivity index (χ1) is 62.4. The van der Waals surface area contributed by atoms with Gasteiger partial charge in [-0.3, -0.25) is 4.98 Å². The van der Waals surface area contributed by atoms with Crippen LogP contribution in [0.4, 0.5) is 29.0 Å². The van der Waals surface area contributed by atoms with E-state index in [1.807, 2.05) is 134 Å². The number of halogens is 2. The molecule has 2 aliphatic heterocycles. The summed E-state index contributed by atoms with van der Waals surface area (Å²) in [5, 5.41) is 53.5.